The maximum absolute atomic E-state index is 14.4. The number of aryl methyl sites for hydroxylation is 2. The molecule has 0 unspecified atom stereocenters. The van der Waals surface area contributed by atoms with Gasteiger partial charge in [0.1, 0.15) is 6.33 Å². The Morgan fingerprint density at radius 3 is 2.81 bits per heavy atom. The summed E-state index contributed by atoms with van der Waals surface area (Å²) in [6.45, 7) is 3.06. The molecule has 2 N–H and O–H groups in total. The molecule has 1 fully saturated rings. The second-order valence-corrected chi connectivity index (χ2v) is 5.45. The van der Waals surface area contributed by atoms with Crippen LogP contribution in [0.5, 0.6) is 0 Å². The van der Waals surface area contributed by atoms with Gasteiger partial charge in [-0.15, -0.1) is 0 Å². The van der Waals surface area contributed by atoms with Gasteiger partial charge < -0.3 is 15.2 Å². The number of aromatic nitrogens is 4. The molecule has 3 heterocycles. The molecule has 0 aliphatic carbocycles. The molecule has 0 aromatic carbocycles. The maximum atomic E-state index is 14.4. The highest BCUT2D eigenvalue weighted by molar-refractivity contribution is 5.44. The molecule has 7 heteroatoms. The van der Waals surface area contributed by atoms with Crippen molar-refractivity contribution in [3.63, 3.8) is 0 Å². The molecular formula is C14H19FN6. The molecule has 2 aromatic heterocycles. The van der Waals surface area contributed by atoms with Crippen LogP contribution in [-0.2, 0) is 13.5 Å². The number of halogens is 1. The fraction of sp³-hybridized carbons (Fsp3) is 0.500. The average molecular weight is 290 g/mol. The maximum Gasteiger partial charge on any atom is 0.187 e. The van der Waals surface area contributed by atoms with Crippen LogP contribution in [0.2, 0.25) is 0 Å². The predicted molar refractivity (Wildman–Crippen MR) is 77.5 cm³/mol. The molecular weight excluding hydrogens is 271 g/mol. The Kier molecular flexibility index (Phi) is 3.59. The van der Waals surface area contributed by atoms with Crippen LogP contribution >= 0.6 is 0 Å². The van der Waals surface area contributed by atoms with E-state index in [1.807, 2.05) is 29.6 Å². The second-order valence-electron chi connectivity index (χ2n) is 5.45. The lowest BCUT2D eigenvalue weighted by Crippen LogP contribution is -2.29. The molecule has 1 aliphatic rings. The highest BCUT2D eigenvalue weighted by Crippen LogP contribution is 2.30. The summed E-state index contributed by atoms with van der Waals surface area (Å²) >= 11 is 0. The summed E-state index contributed by atoms with van der Waals surface area (Å²) in [5, 5.41) is 0. The third-order valence-electron chi connectivity index (χ3n) is 3.95. The Labute approximate surface area is 122 Å². The number of imidazole rings is 1. The fourth-order valence-corrected chi connectivity index (χ4v) is 2.80. The van der Waals surface area contributed by atoms with Crippen LogP contribution in [0.4, 0.5) is 10.2 Å². The summed E-state index contributed by atoms with van der Waals surface area (Å²) < 4.78 is 16.3. The Hall–Kier alpha value is -2.02. The van der Waals surface area contributed by atoms with Gasteiger partial charge in [-0.25, -0.2) is 19.3 Å². The normalized spacial score (nSPS) is 22.0. The zero-order chi connectivity index (χ0) is 15.0. The van der Waals surface area contributed by atoms with E-state index >= 15 is 0 Å². The Morgan fingerprint density at radius 2 is 2.14 bits per heavy atom. The molecule has 112 valence electrons. The van der Waals surface area contributed by atoms with Crippen molar-refractivity contribution >= 4 is 5.82 Å². The first-order valence-electron chi connectivity index (χ1n) is 7.08. The van der Waals surface area contributed by atoms with Crippen molar-refractivity contribution in [3.05, 3.63) is 36.1 Å². The van der Waals surface area contributed by atoms with Crippen molar-refractivity contribution in [1.82, 2.24) is 19.5 Å². The first-order valence-corrected chi connectivity index (χ1v) is 7.08. The van der Waals surface area contributed by atoms with Crippen molar-refractivity contribution < 1.29 is 4.39 Å². The first kappa shape index (κ1) is 13.9. The number of nitrogens with zero attached hydrogens (tertiary/aromatic N) is 5. The van der Waals surface area contributed by atoms with E-state index in [2.05, 4.69) is 15.0 Å². The van der Waals surface area contributed by atoms with Crippen molar-refractivity contribution in [1.29, 1.82) is 0 Å². The molecule has 0 amide bonds. The topological polar surface area (TPSA) is 72.9 Å². The van der Waals surface area contributed by atoms with E-state index in [9.17, 15) is 4.39 Å². The van der Waals surface area contributed by atoms with Gasteiger partial charge in [0.15, 0.2) is 11.6 Å². The van der Waals surface area contributed by atoms with E-state index in [4.69, 9.17) is 5.73 Å². The summed E-state index contributed by atoms with van der Waals surface area (Å²) in [7, 11) is 1.92. The highest BCUT2D eigenvalue weighted by Gasteiger charge is 2.34. The van der Waals surface area contributed by atoms with E-state index in [0.29, 0.717) is 31.0 Å². The van der Waals surface area contributed by atoms with Crippen LogP contribution in [0.3, 0.4) is 0 Å². The van der Waals surface area contributed by atoms with E-state index in [1.54, 1.807) is 6.33 Å². The minimum Gasteiger partial charge on any atom is -0.352 e. The Morgan fingerprint density at radius 1 is 1.33 bits per heavy atom. The van der Waals surface area contributed by atoms with Gasteiger partial charge in [0, 0.05) is 38.3 Å². The van der Waals surface area contributed by atoms with Gasteiger partial charge in [0.25, 0.3) is 0 Å². The molecule has 0 spiro atoms. The quantitative estimate of drug-likeness (QED) is 0.907. The van der Waals surface area contributed by atoms with Gasteiger partial charge in [0.2, 0.25) is 0 Å². The van der Waals surface area contributed by atoms with Gasteiger partial charge >= 0.3 is 0 Å². The zero-order valence-electron chi connectivity index (χ0n) is 12.2. The molecule has 0 radical (unpaired) electrons. The minimum absolute atomic E-state index is 0.0839. The molecule has 1 saturated heterocycles. The molecule has 0 saturated carbocycles. The summed E-state index contributed by atoms with van der Waals surface area (Å²) in [6.07, 6.45) is 5.68. The lowest BCUT2D eigenvalue weighted by atomic mass is 10.0. The second kappa shape index (κ2) is 5.40. The van der Waals surface area contributed by atoms with Crippen molar-refractivity contribution in [2.45, 2.75) is 25.3 Å². The fourth-order valence-electron chi connectivity index (χ4n) is 2.80. The predicted octanol–water partition coefficient (Wildman–Crippen LogP) is 0.843. The van der Waals surface area contributed by atoms with Crippen LogP contribution in [0.15, 0.2) is 18.9 Å². The van der Waals surface area contributed by atoms with Crippen molar-refractivity contribution in [2.24, 2.45) is 12.8 Å². The summed E-state index contributed by atoms with van der Waals surface area (Å²) in [5.41, 5.74) is 7.59. The number of nitrogens with two attached hydrogens (primary N) is 1. The van der Waals surface area contributed by atoms with Crippen LogP contribution in [0.1, 0.15) is 24.2 Å². The number of rotatable bonds is 3. The third kappa shape index (κ3) is 2.49. The van der Waals surface area contributed by atoms with Gasteiger partial charge in [-0.1, -0.05) is 6.92 Å². The van der Waals surface area contributed by atoms with Gasteiger partial charge in [-0.3, -0.25) is 0 Å². The highest BCUT2D eigenvalue weighted by atomic mass is 19.1. The van der Waals surface area contributed by atoms with Gasteiger partial charge in [0.05, 0.1) is 17.7 Å². The number of anilines is 1. The average Bonchev–Trinajstić information content (AvgIpc) is 3.05. The standard InChI is InChI=1S/C14H19FN6/c1-3-11-13(15)14(18-7-17-11)21-4-9(10(16)5-21)12-6-20(2)8-19-12/h6-10H,3-5,16H2,1-2H3/t9-,10-/m1/s1. The molecule has 1 aliphatic heterocycles. The summed E-state index contributed by atoms with van der Waals surface area (Å²) in [4.78, 5) is 14.3. The van der Waals surface area contributed by atoms with Crippen LogP contribution in [-0.4, -0.2) is 38.7 Å². The zero-order valence-corrected chi connectivity index (χ0v) is 12.2. The molecule has 21 heavy (non-hydrogen) atoms. The monoisotopic (exact) mass is 290 g/mol. The lowest BCUT2D eigenvalue weighted by Gasteiger charge is -2.18. The Balaban J connectivity index is 1.86. The SMILES string of the molecule is CCc1ncnc(N2C[C@@H](N)[C@H](c3cn(C)cn3)C2)c1F. The molecule has 2 atom stereocenters. The van der Waals surface area contributed by atoms with Crippen molar-refractivity contribution in [2.75, 3.05) is 18.0 Å². The van der Waals surface area contributed by atoms with E-state index < -0.39 is 0 Å². The summed E-state index contributed by atoms with van der Waals surface area (Å²) in [6, 6.07) is -0.0839. The summed E-state index contributed by atoms with van der Waals surface area (Å²) in [5.74, 6) is 0.0928. The van der Waals surface area contributed by atoms with Crippen LogP contribution in [0.25, 0.3) is 0 Å². The minimum atomic E-state index is -0.339. The molecule has 2 aromatic rings. The molecule has 6 nitrogen and oxygen atoms in total. The van der Waals surface area contributed by atoms with Crippen LogP contribution in [0, 0.1) is 5.82 Å². The van der Waals surface area contributed by atoms with E-state index in [1.165, 1.54) is 6.33 Å². The van der Waals surface area contributed by atoms with E-state index in [0.717, 1.165) is 5.69 Å². The molecule has 0 bridgehead atoms. The largest absolute Gasteiger partial charge is 0.352 e. The smallest absolute Gasteiger partial charge is 0.187 e. The number of hydrogen-bond acceptors (Lipinski definition) is 5. The van der Waals surface area contributed by atoms with Gasteiger partial charge in [-0.2, -0.15) is 0 Å². The lowest BCUT2D eigenvalue weighted by molar-refractivity contribution is 0.588. The third-order valence-corrected chi connectivity index (χ3v) is 3.95. The van der Waals surface area contributed by atoms with Crippen LogP contribution < -0.4 is 10.6 Å². The Bertz CT molecular complexity index is 640. The number of hydrogen-bond donors (Lipinski definition) is 1. The van der Waals surface area contributed by atoms with E-state index in [-0.39, 0.29) is 17.8 Å². The van der Waals surface area contributed by atoms with Gasteiger partial charge in [-0.05, 0) is 6.42 Å². The first-order chi connectivity index (χ1) is 10.1. The van der Waals surface area contributed by atoms with Crippen molar-refractivity contribution in [3.8, 4) is 0 Å². The molecule has 3 rings (SSSR count).